The number of hydrogen-bond donors (Lipinski definition) is 2. The van der Waals surface area contributed by atoms with Crippen LogP contribution in [-0.4, -0.2) is 23.9 Å². The number of anilines is 2. The molecule has 1 amide bonds. The highest BCUT2D eigenvalue weighted by Gasteiger charge is 2.15. The molecule has 0 fully saturated rings. The van der Waals surface area contributed by atoms with Crippen LogP contribution in [-0.2, 0) is 21.9 Å². The molecular formula is C13H14N4O4S. The van der Waals surface area contributed by atoms with Gasteiger partial charge in [0.15, 0.2) is 0 Å². The van der Waals surface area contributed by atoms with E-state index in [0.29, 0.717) is 5.69 Å². The first-order valence-electron chi connectivity index (χ1n) is 6.22. The lowest BCUT2D eigenvalue weighted by molar-refractivity contribution is -0.114. The molecule has 1 aromatic carbocycles. The van der Waals surface area contributed by atoms with E-state index in [4.69, 9.17) is 0 Å². The zero-order chi connectivity index (χ0) is 16.3. The van der Waals surface area contributed by atoms with Crippen LogP contribution in [0.5, 0.6) is 0 Å². The van der Waals surface area contributed by atoms with Crippen LogP contribution in [0.4, 0.5) is 11.5 Å². The van der Waals surface area contributed by atoms with Crippen molar-refractivity contribution in [1.29, 1.82) is 0 Å². The van der Waals surface area contributed by atoms with Crippen molar-refractivity contribution in [3.8, 4) is 0 Å². The Morgan fingerprint density at radius 2 is 1.82 bits per heavy atom. The van der Waals surface area contributed by atoms with Gasteiger partial charge in [-0.25, -0.2) is 13.2 Å². The van der Waals surface area contributed by atoms with E-state index in [1.54, 1.807) is 0 Å². The maximum absolute atomic E-state index is 12.2. The van der Waals surface area contributed by atoms with Gasteiger partial charge in [0.25, 0.3) is 10.0 Å². The fourth-order valence-corrected chi connectivity index (χ4v) is 2.64. The molecule has 0 saturated heterocycles. The summed E-state index contributed by atoms with van der Waals surface area (Å²) in [5, 5.41) is 2.54. The third-order valence-electron chi connectivity index (χ3n) is 2.70. The molecule has 0 saturated carbocycles. The minimum Gasteiger partial charge on any atom is -0.326 e. The first-order valence-corrected chi connectivity index (χ1v) is 7.70. The molecule has 2 N–H and O–H groups in total. The fraction of sp³-hybridized carbons (Fsp3) is 0.154. The van der Waals surface area contributed by atoms with Gasteiger partial charge in [0.2, 0.25) is 5.91 Å². The fourth-order valence-electron chi connectivity index (χ4n) is 1.64. The van der Waals surface area contributed by atoms with Gasteiger partial charge in [-0.1, -0.05) is 0 Å². The van der Waals surface area contributed by atoms with Crippen LogP contribution >= 0.6 is 0 Å². The highest BCUT2D eigenvalue weighted by molar-refractivity contribution is 7.92. The summed E-state index contributed by atoms with van der Waals surface area (Å²) in [6.45, 7) is 1.35. The number of rotatable bonds is 4. The maximum atomic E-state index is 12.2. The molecule has 1 aromatic heterocycles. The van der Waals surface area contributed by atoms with E-state index in [1.165, 1.54) is 55.1 Å². The average Bonchev–Trinajstić information content (AvgIpc) is 2.42. The van der Waals surface area contributed by atoms with Crippen LogP contribution in [0.25, 0.3) is 0 Å². The second-order valence-corrected chi connectivity index (χ2v) is 6.20. The van der Waals surface area contributed by atoms with Gasteiger partial charge in [-0.05, 0) is 30.3 Å². The summed E-state index contributed by atoms with van der Waals surface area (Å²) in [7, 11) is -2.35. The number of carbonyl (C=O) groups excluding carboxylic acids is 1. The second-order valence-electron chi connectivity index (χ2n) is 4.52. The van der Waals surface area contributed by atoms with E-state index in [0.717, 1.165) is 0 Å². The zero-order valence-corrected chi connectivity index (χ0v) is 12.7. The predicted octanol–water partition coefficient (Wildman–Crippen LogP) is 0.539. The lowest BCUT2D eigenvalue weighted by atomic mass is 10.3. The molecule has 0 unspecified atom stereocenters. The van der Waals surface area contributed by atoms with Crippen molar-refractivity contribution in [2.45, 2.75) is 11.8 Å². The monoisotopic (exact) mass is 322 g/mol. The van der Waals surface area contributed by atoms with E-state index < -0.39 is 15.7 Å². The van der Waals surface area contributed by atoms with Crippen LogP contribution < -0.4 is 15.7 Å². The highest BCUT2D eigenvalue weighted by Crippen LogP contribution is 2.16. The summed E-state index contributed by atoms with van der Waals surface area (Å²) in [4.78, 5) is 25.9. The van der Waals surface area contributed by atoms with E-state index in [1.807, 2.05) is 0 Å². The summed E-state index contributed by atoms with van der Waals surface area (Å²) >= 11 is 0. The Hall–Kier alpha value is -2.68. The minimum atomic E-state index is -3.86. The number of carbonyl (C=O) groups is 1. The molecule has 0 bridgehead atoms. The Labute approximate surface area is 126 Å². The Morgan fingerprint density at radius 3 is 2.36 bits per heavy atom. The van der Waals surface area contributed by atoms with Crippen molar-refractivity contribution < 1.29 is 13.2 Å². The van der Waals surface area contributed by atoms with Gasteiger partial charge in [0.1, 0.15) is 5.82 Å². The summed E-state index contributed by atoms with van der Waals surface area (Å²) in [6.07, 6.45) is 1.41. The Kier molecular flexibility index (Phi) is 4.27. The second kappa shape index (κ2) is 5.98. The molecule has 0 aliphatic heterocycles. The van der Waals surface area contributed by atoms with Gasteiger partial charge in [-0.2, -0.15) is 4.98 Å². The van der Waals surface area contributed by atoms with E-state index in [9.17, 15) is 18.0 Å². The van der Waals surface area contributed by atoms with Crippen LogP contribution in [0.2, 0.25) is 0 Å². The summed E-state index contributed by atoms with van der Waals surface area (Å²) in [5.41, 5.74) is -0.0839. The summed E-state index contributed by atoms with van der Waals surface area (Å²) in [6, 6.07) is 6.99. The highest BCUT2D eigenvalue weighted by atomic mass is 32.2. The summed E-state index contributed by atoms with van der Waals surface area (Å²) in [5.74, 6) is -0.313. The topological polar surface area (TPSA) is 110 Å². The van der Waals surface area contributed by atoms with Crippen molar-refractivity contribution in [3.63, 3.8) is 0 Å². The lowest BCUT2D eigenvalue weighted by Gasteiger charge is -2.08. The number of benzene rings is 1. The van der Waals surface area contributed by atoms with Crippen molar-refractivity contribution in [2.24, 2.45) is 7.05 Å². The SMILES string of the molecule is CC(=O)Nc1ccc(S(=O)(=O)Nc2ccn(C)c(=O)n2)cc1. The minimum absolute atomic E-state index is 0.0101. The van der Waals surface area contributed by atoms with Gasteiger partial charge in [0, 0.05) is 25.9 Å². The molecular weight excluding hydrogens is 308 g/mol. The number of aromatic nitrogens is 2. The molecule has 0 aliphatic carbocycles. The largest absolute Gasteiger partial charge is 0.349 e. The first-order chi connectivity index (χ1) is 10.3. The van der Waals surface area contributed by atoms with Crippen LogP contribution in [0.15, 0.2) is 46.2 Å². The average molecular weight is 322 g/mol. The van der Waals surface area contributed by atoms with Crippen molar-refractivity contribution in [3.05, 3.63) is 47.0 Å². The maximum Gasteiger partial charge on any atom is 0.349 e. The zero-order valence-electron chi connectivity index (χ0n) is 11.9. The Morgan fingerprint density at radius 1 is 1.18 bits per heavy atom. The Balaban J connectivity index is 2.24. The van der Waals surface area contributed by atoms with E-state index in [-0.39, 0.29) is 16.6 Å². The summed E-state index contributed by atoms with van der Waals surface area (Å²) < 4.78 is 27.8. The number of nitrogens with one attached hydrogen (secondary N) is 2. The van der Waals surface area contributed by atoms with Gasteiger partial charge in [-0.15, -0.1) is 0 Å². The number of hydrogen-bond acceptors (Lipinski definition) is 5. The molecule has 0 aliphatic rings. The number of amides is 1. The third-order valence-corrected chi connectivity index (χ3v) is 4.07. The van der Waals surface area contributed by atoms with Crippen molar-refractivity contribution in [2.75, 3.05) is 10.0 Å². The first kappa shape index (κ1) is 15.7. The van der Waals surface area contributed by atoms with Crippen LogP contribution in [0, 0.1) is 0 Å². The van der Waals surface area contributed by atoms with Gasteiger partial charge < -0.3 is 9.88 Å². The number of nitrogens with zero attached hydrogens (tertiary/aromatic N) is 2. The molecule has 116 valence electrons. The van der Waals surface area contributed by atoms with Gasteiger partial charge in [0.05, 0.1) is 4.90 Å². The molecule has 0 spiro atoms. The third kappa shape index (κ3) is 3.70. The predicted molar refractivity (Wildman–Crippen MR) is 81.0 cm³/mol. The molecule has 2 rings (SSSR count). The quantitative estimate of drug-likeness (QED) is 0.853. The Bertz CT molecular complexity index is 856. The molecule has 0 radical (unpaired) electrons. The molecule has 22 heavy (non-hydrogen) atoms. The number of aryl methyl sites for hydroxylation is 1. The standard InChI is InChI=1S/C13H14N4O4S/c1-9(18)14-10-3-5-11(6-4-10)22(20,21)16-12-7-8-17(2)13(19)15-12/h3-8H,1-2H3,(H,14,18)(H,15,16,19). The van der Waals surface area contributed by atoms with Crippen LogP contribution in [0.3, 0.4) is 0 Å². The van der Waals surface area contributed by atoms with Crippen molar-refractivity contribution >= 4 is 27.4 Å². The molecule has 8 nitrogen and oxygen atoms in total. The van der Waals surface area contributed by atoms with E-state index in [2.05, 4.69) is 15.0 Å². The van der Waals surface area contributed by atoms with Gasteiger partial charge in [-0.3, -0.25) is 9.52 Å². The lowest BCUT2D eigenvalue weighted by Crippen LogP contribution is -2.22. The van der Waals surface area contributed by atoms with Crippen LogP contribution in [0.1, 0.15) is 6.92 Å². The number of sulfonamides is 1. The van der Waals surface area contributed by atoms with E-state index >= 15 is 0 Å². The molecule has 0 atom stereocenters. The smallest absolute Gasteiger partial charge is 0.326 e. The normalized spacial score (nSPS) is 11.0. The molecule has 9 heteroatoms. The van der Waals surface area contributed by atoms with Crippen molar-refractivity contribution in [1.82, 2.24) is 9.55 Å². The molecule has 2 aromatic rings. The van der Waals surface area contributed by atoms with Gasteiger partial charge >= 0.3 is 5.69 Å². The molecule has 1 heterocycles.